The minimum atomic E-state index is -0.709. The molecule has 4 rings (SSSR count). The number of carbonyl (C=O) groups is 2. The summed E-state index contributed by atoms with van der Waals surface area (Å²) in [4.78, 5) is 28.9. The van der Waals surface area contributed by atoms with Crippen LogP contribution in [0.4, 0.5) is 19.3 Å². The second-order valence-electron chi connectivity index (χ2n) is 7.48. The zero-order valence-electron chi connectivity index (χ0n) is 16.3. The van der Waals surface area contributed by atoms with Gasteiger partial charge in [0.1, 0.15) is 11.6 Å². The Morgan fingerprint density at radius 1 is 1.07 bits per heavy atom. The number of nitrogens with zero attached hydrogens (tertiary/aromatic N) is 4. The molecule has 0 spiro atoms. The summed E-state index contributed by atoms with van der Waals surface area (Å²) in [5.74, 6) is -1.45. The number of benzene rings is 1. The molecule has 3 amide bonds. The molecule has 1 fully saturated rings. The zero-order chi connectivity index (χ0) is 20.5. The predicted octanol–water partition coefficient (Wildman–Crippen LogP) is 2.91. The normalized spacial score (nSPS) is 16.5. The molecule has 0 saturated carbocycles. The average molecular weight is 403 g/mol. The Balaban J connectivity index is 1.53. The molecule has 2 aromatic rings. The van der Waals surface area contributed by atoms with Gasteiger partial charge in [-0.25, -0.2) is 13.6 Å². The summed E-state index contributed by atoms with van der Waals surface area (Å²) in [7, 11) is 1.80. The molecule has 29 heavy (non-hydrogen) atoms. The van der Waals surface area contributed by atoms with Crippen LogP contribution in [0.1, 0.15) is 41.0 Å². The highest BCUT2D eigenvalue weighted by molar-refractivity contribution is 5.95. The Labute approximate surface area is 167 Å². The smallest absolute Gasteiger partial charge is 0.322 e. The minimum absolute atomic E-state index is 0.111. The van der Waals surface area contributed by atoms with Crippen LogP contribution in [0.3, 0.4) is 0 Å². The second kappa shape index (κ2) is 7.81. The largest absolute Gasteiger partial charge is 0.337 e. The molecule has 2 aliphatic heterocycles. The lowest BCUT2D eigenvalue weighted by molar-refractivity contribution is 0.0715. The molecule has 0 unspecified atom stereocenters. The number of rotatable bonds is 2. The van der Waals surface area contributed by atoms with Crippen LogP contribution in [-0.2, 0) is 20.0 Å². The molecule has 2 aliphatic rings. The number of nitrogens with one attached hydrogen (secondary N) is 1. The van der Waals surface area contributed by atoms with E-state index in [0.717, 1.165) is 48.7 Å². The molecule has 1 aromatic carbocycles. The summed E-state index contributed by atoms with van der Waals surface area (Å²) in [6.07, 6.45) is 3.61. The molecule has 0 atom stereocenters. The first-order chi connectivity index (χ1) is 13.9. The van der Waals surface area contributed by atoms with E-state index in [9.17, 15) is 18.4 Å². The lowest BCUT2D eigenvalue weighted by Crippen LogP contribution is -2.40. The predicted molar refractivity (Wildman–Crippen MR) is 102 cm³/mol. The lowest BCUT2D eigenvalue weighted by atomic mass is 10.0. The van der Waals surface area contributed by atoms with Crippen molar-refractivity contribution in [3.63, 3.8) is 0 Å². The van der Waals surface area contributed by atoms with Gasteiger partial charge in [-0.2, -0.15) is 5.10 Å². The quantitative estimate of drug-likeness (QED) is 0.838. The van der Waals surface area contributed by atoms with Gasteiger partial charge in [0.2, 0.25) is 0 Å². The third kappa shape index (κ3) is 3.81. The van der Waals surface area contributed by atoms with Gasteiger partial charge in [-0.15, -0.1) is 0 Å². The molecule has 1 N–H and O–H groups in total. The number of aryl methyl sites for hydroxylation is 1. The number of urea groups is 1. The Morgan fingerprint density at radius 2 is 1.83 bits per heavy atom. The van der Waals surface area contributed by atoms with Crippen LogP contribution in [-0.4, -0.2) is 51.2 Å². The van der Waals surface area contributed by atoms with E-state index in [-0.39, 0.29) is 18.1 Å². The van der Waals surface area contributed by atoms with E-state index in [1.54, 1.807) is 11.7 Å². The maximum atomic E-state index is 13.9. The van der Waals surface area contributed by atoms with Crippen LogP contribution in [0.2, 0.25) is 0 Å². The molecule has 3 heterocycles. The number of carbonyl (C=O) groups excluding carboxylic acids is 2. The van der Waals surface area contributed by atoms with Crippen LogP contribution in [0.5, 0.6) is 0 Å². The molecule has 0 aliphatic carbocycles. The summed E-state index contributed by atoms with van der Waals surface area (Å²) >= 11 is 0. The number of piperidine rings is 1. The molecule has 9 heteroatoms. The highest BCUT2D eigenvalue weighted by Gasteiger charge is 2.31. The van der Waals surface area contributed by atoms with Crippen molar-refractivity contribution >= 4 is 17.6 Å². The van der Waals surface area contributed by atoms with Crippen LogP contribution in [0.15, 0.2) is 18.2 Å². The average Bonchev–Trinajstić information content (AvgIpc) is 3.06. The molecular weight excluding hydrogens is 380 g/mol. The number of halogens is 2. The Hall–Kier alpha value is -2.97. The molecule has 0 radical (unpaired) electrons. The molecule has 154 valence electrons. The second-order valence-corrected chi connectivity index (χ2v) is 7.48. The van der Waals surface area contributed by atoms with Crippen LogP contribution in [0.25, 0.3) is 0 Å². The Kier molecular flexibility index (Phi) is 5.21. The van der Waals surface area contributed by atoms with Crippen molar-refractivity contribution in [3.8, 4) is 0 Å². The van der Waals surface area contributed by atoms with Gasteiger partial charge in [0.15, 0.2) is 5.69 Å². The zero-order valence-corrected chi connectivity index (χ0v) is 16.3. The fourth-order valence-electron chi connectivity index (χ4n) is 3.97. The minimum Gasteiger partial charge on any atom is -0.337 e. The van der Waals surface area contributed by atoms with Gasteiger partial charge in [-0.1, -0.05) is 0 Å². The summed E-state index contributed by atoms with van der Waals surface area (Å²) in [5, 5.41) is 6.85. The number of amides is 3. The van der Waals surface area contributed by atoms with Crippen LogP contribution in [0, 0.1) is 11.6 Å². The van der Waals surface area contributed by atoms with Crippen molar-refractivity contribution < 1.29 is 18.4 Å². The van der Waals surface area contributed by atoms with E-state index in [0.29, 0.717) is 31.7 Å². The van der Waals surface area contributed by atoms with Crippen molar-refractivity contribution in [2.24, 2.45) is 7.05 Å². The van der Waals surface area contributed by atoms with Crippen LogP contribution < -0.4 is 5.32 Å². The van der Waals surface area contributed by atoms with Gasteiger partial charge in [-0.05, 0) is 31.4 Å². The van der Waals surface area contributed by atoms with E-state index >= 15 is 0 Å². The molecule has 0 bridgehead atoms. The number of anilines is 1. The van der Waals surface area contributed by atoms with Gasteiger partial charge in [0, 0.05) is 50.4 Å². The third-order valence-electron chi connectivity index (χ3n) is 5.55. The number of hydrogen-bond donors (Lipinski definition) is 1. The first-order valence-corrected chi connectivity index (χ1v) is 9.79. The van der Waals surface area contributed by atoms with E-state index in [1.165, 1.54) is 4.90 Å². The fourth-order valence-corrected chi connectivity index (χ4v) is 3.97. The lowest BCUT2D eigenvalue weighted by Gasteiger charge is -2.29. The summed E-state index contributed by atoms with van der Waals surface area (Å²) in [5.41, 5.74) is 1.81. The first kappa shape index (κ1) is 19.4. The molecule has 1 saturated heterocycles. The SMILES string of the molecule is Cn1nc(C(=O)N2CCCCC2)c2c1CCN(C(=O)Nc1cc(F)ccc1F)C2. The van der Waals surface area contributed by atoms with Crippen molar-refractivity contribution in [2.75, 3.05) is 25.0 Å². The first-order valence-electron chi connectivity index (χ1n) is 9.79. The third-order valence-corrected chi connectivity index (χ3v) is 5.55. The Bertz CT molecular complexity index is 953. The number of aromatic nitrogens is 2. The van der Waals surface area contributed by atoms with E-state index in [2.05, 4.69) is 10.4 Å². The summed E-state index contributed by atoms with van der Waals surface area (Å²) in [6, 6.07) is 2.36. The molecule has 1 aromatic heterocycles. The number of fused-ring (bicyclic) bond motifs is 1. The van der Waals surface area contributed by atoms with Crippen molar-refractivity contribution in [1.29, 1.82) is 0 Å². The standard InChI is InChI=1S/C20H23F2N5O2/c1-25-17-7-10-27(20(29)23-16-11-13(21)5-6-15(16)22)12-14(17)18(24-25)19(28)26-8-3-2-4-9-26/h5-6,11H,2-4,7-10,12H2,1H3,(H,23,29). The van der Waals surface area contributed by atoms with Gasteiger partial charge in [0.05, 0.1) is 12.2 Å². The Morgan fingerprint density at radius 3 is 2.59 bits per heavy atom. The van der Waals surface area contributed by atoms with Gasteiger partial charge < -0.3 is 15.1 Å². The van der Waals surface area contributed by atoms with Crippen molar-refractivity contribution in [3.05, 3.63) is 46.8 Å². The highest BCUT2D eigenvalue weighted by atomic mass is 19.1. The van der Waals surface area contributed by atoms with E-state index < -0.39 is 17.7 Å². The fraction of sp³-hybridized carbons (Fsp3) is 0.450. The van der Waals surface area contributed by atoms with E-state index in [4.69, 9.17) is 0 Å². The van der Waals surface area contributed by atoms with Gasteiger partial charge in [0.25, 0.3) is 5.91 Å². The number of hydrogen-bond acceptors (Lipinski definition) is 3. The monoisotopic (exact) mass is 403 g/mol. The molecular formula is C20H23F2N5O2. The maximum absolute atomic E-state index is 13.9. The highest BCUT2D eigenvalue weighted by Crippen LogP contribution is 2.25. The summed E-state index contributed by atoms with van der Waals surface area (Å²) < 4.78 is 28.9. The van der Waals surface area contributed by atoms with Gasteiger partial charge >= 0.3 is 6.03 Å². The van der Waals surface area contributed by atoms with Gasteiger partial charge in [-0.3, -0.25) is 9.48 Å². The van der Waals surface area contributed by atoms with Crippen molar-refractivity contribution in [1.82, 2.24) is 19.6 Å². The van der Waals surface area contributed by atoms with E-state index in [1.807, 2.05) is 4.90 Å². The topological polar surface area (TPSA) is 70.5 Å². The van der Waals surface area contributed by atoms with Crippen LogP contribution >= 0.6 is 0 Å². The maximum Gasteiger partial charge on any atom is 0.322 e. The number of likely N-dealkylation sites (tertiary alicyclic amines) is 1. The summed E-state index contributed by atoms with van der Waals surface area (Å²) in [6.45, 7) is 2.02. The van der Waals surface area contributed by atoms with Crippen molar-refractivity contribution in [2.45, 2.75) is 32.2 Å². The molecule has 7 nitrogen and oxygen atoms in total.